The SMILES string of the molecule is O=C(Nc1n[nH]c(C(=O)N[C@H](CO)C(=O)O)n1)OCC1c2ccccc2-c2ccccc21. The second-order valence-corrected chi connectivity index (χ2v) is 7.01. The molecule has 1 atom stereocenters. The van der Waals surface area contributed by atoms with Gasteiger partial charge in [0, 0.05) is 5.92 Å². The van der Waals surface area contributed by atoms with E-state index in [9.17, 15) is 14.4 Å². The number of rotatable bonds is 7. The highest BCUT2D eigenvalue weighted by Crippen LogP contribution is 2.44. The molecule has 0 saturated carbocycles. The van der Waals surface area contributed by atoms with Crippen LogP contribution in [-0.4, -0.2) is 62.6 Å². The first-order valence-electron chi connectivity index (χ1n) is 9.67. The van der Waals surface area contributed by atoms with Gasteiger partial charge in [0.15, 0.2) is 6.04 Å². The minimum Gasteiger partial charge on any atom is -0.480 e. The zero-order chi connectivity index (χ0) is 22.7. The van der Waals surface area contributed by atoms with Crippen molar-refractivity contribution < 1.29 is 29.3 Å². The van der Waals surface area contributed by atoms with E-state index in [2.05, 4.69) is 25.8 Å². The highest BCUT2D eigenvalue weighted by molar-refractivity contribution is 5.94. The van der Waals surface area contributed by atoms with Gasteiger partial charge in [-0.2, -0.15) is 4.98 Å². The van der Waals surface area contributed by atoms with Gasteiger partial charge in [-0.1, -0.05) is 48.5 Å². The van der Waals surface area contributed by atoms with Gasteiger partial charge in [0.05, 0.1) is 6.61 Å². The number of carbonyl (C=O) groups is 3. The van der Waals surface area contributed by atoms with E-state index in [-0.39, 0.29) is 24.3 Å². The smallest absolute Gasteiger partial charge is 0.414 e. The van der Waals surface area contributed by atoms with E-state index in [1.807, 2.05) is 48.5 Å². The van der Waals surface area contributed by atoms with Crippen LogP contribution in [0.2, 0.25) is 0 Å². The fraction of sp³-hybridized carbons (Fsp3) is 0.190. The molecular formula is C21H19N5O6. The summed E-state index contributed by atoms with van der Waals surface area (Å²) in [7, 11) is 0. The van der Waals surface area contributed by atoms with Crippen molar-refractivity contribution in [3.63, 3.8) is 0 Å². The van der Waals surface area contributed by atoms with E-state index in [0.29, 0.717) is 0 Å². The molecule has 0 aliphatic heterocycles. The number of carbonyl (C=O) groups excluding carboxylic acids is 2. The average molecular weight is 437 g/mol. The van der Waals surface area contributed by atoms with E-state index in [0.717, 1.165) is 22.3 Å². The number of aliphatic hydroxyl groups is 1. The number of nitrogens with one attached hydrogen (secondary N) is 3. The Labute approximate surface area is 181 Å². The van der Waals surface area contributed by atoms with Crippen LogP contribution < -0.4 is 10.6 Å². The van der Waals surface area contributed by atoms with Crippen LogP contribution in [0.3, 0.4) is 0 Å². The third kappa shape index (κ3) is 4.14. The van der Waals surface area contributed by atoms with Gasteiger partial charge < -0.3 is 20.3 Å². The van der Waals surface area contributed by atoms with Crippen LogP contribution in [0.15, 0.2) is 48.5 Å². The van der Waals surface area contributed by atoms with Gasteiger partial charge in [0.2, 0.25) is 5.82 Å². The number of H-pyrrole nitrogens is 1. The third-order valence-corrected chi connectivity index (χ3v) is 5.04. The lowest BCUT2D eigenvalue weighted by atomic mass is 9.98. The number of benzene rings is 2. The first-order valence-corrected chi connectivity index (χ1v) is 9.67. The zero-order valence-corrected chi connectivity index (χ0v) is 16.6. The van der Waals surface area contributed by atoms with E-state index < -0.39 is 30.6 Å². The van der Waals surface area contributed by atoms with Gasteiger partial charge in [-0.25, -0.2) is 9.59 Å². The Bertz CT molecular complexity index is 1130. The topological polar surface area (TPSA) is 167 Å². The molecule has 1 aliphatic carbocycles. The van der Waals surface area contributed by atoms with Crippen molar-refractivity contribution in [2.45, 2.75) is 12.0 Å². The number of ether oxygens (including phenoxy) is 1. The number of amides is 2. The fourth-order valence-electron chi connectivity index (χ4n) is 3.56. The molecule has 2 aromatic carbocycles. The summed E-state index contributed by atoms with van der Waals surface area (Å²) in [5.74, 6) is -2.98. The number of nitrogens with zero attached hydrogens (tertiary/aromatic N) is 2. The summed E-state index contributed by atoms with van der Waals surface area (Å²) in [6.07, 6.45) is -0.809. The summed E-state index contributed by atoms with van der Waals surface area (Å²) in [6.45, 7) is -0.700. The maximum absolute atomic E-state index is 12.2. The summed E-state index contributed by atoms with van der Waals surface area (Å²) in [5, 5.41) is 28.2. The fourth-order valence-corrected chi connectivity index (χ4v) is 3.56. The predicted molar refractivity (Wildman–Crippen MR) is 111 cm³/mol. The van der Waals surface area contributed by atoms with Crippen LogP contribution in [0.1, 0.15) is 27.7 Å². The molecule has 0 saturated heterocycles. The van der Waals surface area contributed by atoms with Gasteiger partial charge in [0.25, 0.3) is 11.9 Å². The van der Waals surface area contributed by atoms with E-state index in [1.165, 1.54) is 0 Å². The Hall–Kier alpha value is -4.25. The average Bonchev–Trinajstić information content (AvgIpc) is 3.38. The molecule has 3 aromatic rings. The Morgan fingerprint density at radius 3 is 2.28 bits per heavy atom. The van der Waals surface area contributed by atoms with Crippen LogP contribution in [0, 0.1) is 0 Å². The molecule has 1 heterocycles. The number of aliphatic carboxylic acids is 1. The van der Waals surface area contributed by atoms with Crippen LogP contribution in [0.4, 0.5) is 10.7 Å². The van der Waals surface area contributed by atoms with Crippen molar-refractivity contribution in [3.8, 4) is 11.1 Å². The Kier molecular flexibility index (Phi) is 5.81. The lowest BCUT2D eigenvalue weighted by Crippen LogP contribution is -2.43. The molecule has 11 nitrogen and oxygen atoms in total. The van der Waals surface area contributed by atoms with E-state index in [4.69, 9.17) is 14.9 Å². The minimum absolute atomic E-state index is 0.0917. The number of carboxylic acids is 1. The van der Waals surface area contributed by atoms with E-state index in [1.54, 1.807) is 0 Å². The summed E-state index contributed by atoms with van der Waals surface area (Å²) < 4.78 is 5.37. The summed E-state index contributed by atoms with van der Waals surface area (Å²) in [4.78, 5) is 38.9. The maximum atomic E-state index is 12.2. The molecule has 5 N–H and O–H groups in total. The van der Waals surface area contributed by atoms with Gasteiger partial charge in [-0.15, -0.1) is 5.10 Å². The zero-order valence-electron chi connectivity index (χ0n) is 16.6. The number of aromatic amines is 1. The van der Waals surface area contributed by atoms with Crippen LogP contribution in [0.5, 0.6) is 0 Å². The second-order valence-electron chi connectivity index (χ2n) is 7.01. The van der Waals surface area contributed by atoms with Crippen molar-refractivity contribution in [2.24, 2.45) is 0 Å². The predicted octanol–water partition coefficient (Wildman–Crippen LogP) is 1.34. The second kappa shape index (κ2) is 8.86. The quantitative estimate of drug-likeness (QED) is 0.369. The molecule has 2 amide bonds. The molecule has 11 heteroatoms. The number of anilines is 1. The first kappa shape index (κ1) is 21.0. The van der Waals surface area contributed by atoms with Crippen LogP contribution in [0.25, 0.3) is 11.1 Å². The number of fused-ring (bicyclic) bond motifs is 3. The molecular weight excluding hydrogens is 418 g/mol. The Morgan fingerprint density at radius 1 is 1.06 bits per heavy atom. The van der Waals surface area contributed by atoms with Gasteiger partial charge in [0.1, 0.15) is 6.61 Å². The Balaban J connectivity index is 1.37. The highest BCUT2D eigenvalue weighted by atomic mass is 16.5. The molecule has 164 valence electrons. The molecule has 32 heavy (non-hydrogen) atoms. The molecule has 0 spiro atoms. The number of hydrogen-bond acceptors (Lipinski definition) is 7. The van der Waals surface area contributed by atoms with Crippen molar-refractivity contribution >= 4 is 23.9 Å². The normalized spacial score (nSPS) is 13.0. The number of aromatic nitrogens is 3. The van der Waals surface area contributed by atoms with Crippen molar-refractivity contribution in [3.05, 3.63) is 65.5 Å². The Morgan fingerprint density at radius 2 is 1.69 bits per heavy atom. The lowest BCUT2D eigenvalue weighted by molar-refractivity contribution is -0.140. The molecule has 0 fully saturated rings. The lowest BCUT2D eigenvalue weighted by Gasteiger charge is -2.13. The van der Waals surface area contributed by atoms with Crippen molar-refractivity contribution in [2.75, 3.05) is 18.5 Å². The highest BCUT2D eigenvalue weighted by Gasteiger charge is 2.29. The molecule has 1 aliphatic rings. The van der Waals surface area contributed by atoms with Crippen molar-refractivity contribution in [1.82, 2.24) is 20.5 Å². The summed E-state index contributed by atoms with van der Waals surface area (Å²) in [5.41, 5.74) is 4.33. The third-order valence-electron chi connectivity index (χ3n) is 5.04. The molecule has 0 bridgehead atoms. The van der Waals surface area contributed by atoms with Crippen molar-refractivity contribution in [1.29, 1.82) is 0 Å². The minimum atomic E-state index is -1.49. The first-order chi connectivity index (χ1) is 15.5. The maximum Gasteiger partial charge on any atom is 0.414 e. The summed E-state index contributed by atoms with van der Waals surface area (Å²) >= 11 is 0. The van der Waals surface area contributed by atoms with Gasteiger partial charge in [-0.3, -0.25) is 15.2 Å². The summed E-state index contributed by atoms with van der Waals surface area (Å²) in [6, 6.07) is 14.3. The number of carboxylic acid groups (broad SMARTS) is 1. The van der Waals surface area contributed by atoms with Crippen LogP contribution >= 0.6 is 0 Å². The molecule has 0 radical (unpaired) electrons. The standard InChI is InChI=1S/C21H19N5O6/c27-9-16(19(29)30)22-18(28)17-23-20(26-25-17)24-21(31)32-10-15-13-7-3-1-5-11(13)12-6-2-4-8-14(12)15/h1-8,15-16,27H,9-10H2,(H,22,28)(H,29,30)(H2,23,24,25,26,31)/t16-/m1/s1. The monoisotopic (exact) mass is 437 g/mol. The number of aliphatic hydroxyl groups excluding tert-OH is 1. The van der Waals surface area contributed by atoms with Gasteiger partial charge >= 0.3 is 12.1 Å². The van der Waals surface area contributed by atoms with Gasteiger partial charge in [-0.05, 0) is 22.3 Å². The largest absolute Gasteiger partial charge is 0.480 e. The molecule has 0 unspecified atom stereocenters. The molecule has 1 aromatic heterocycles. The number of hydrogen-bond donors (Lipinski definition) is 5. The molecule has 4 rings (SSSR count). The van der Waals surface area contributed by atoms with E-state index >= 15 is 0 Å². The van der Waals surface area contributed by atoms with Crippen LogP contribution in [-0.2, 0) is 9.53 Å².